The van der Waals surface area contributed by atoms with Gasteiger partial charge in [-0.2, -0.15) is 0 Å². The third-order valence-electron chi connectivity index (χ3n) is 4.45. The number of carbonyl (C=O) groups is 1. The second kappa shape index (κ2) is 7.90. The van der Waals surface area contributed by atoms with Gasteiger partial charge in [-0.25, -0.2) is 4.98 Å². The van der Waals surface area contributed by atoms with E-state index in [1.807, 2.05) is 42.5 Å². The van der Waals surface area contributed by atoms with Gasteiger partial charge in [-0.1, -0.05) is 30.0 Å². The van der Waals surface area contributed by atoms with Crippen molar-refractivity contribution in [1.82, 2.24) is 10.3 Å². The number of nitrogens with one attached hydrogen (secondary N) is 1. The van der Waals surface area contributed by atoms with Crippen molar-refractivity contribution in [2.45, 2.75) is 0 Å². The molecular formula is C21H19N3O3S. The van der Waals surface area contributed by atoms with E-state index in [9.17, 15) is 4.79 Å². The third kappa shape index (κ3) is 3.53. The second-order valence-corrected chi connectivity index (χ2v) is 7.22. The fraction of sp³-hybridized carbons (Fsp3) is 0.190. The van der Waals surface area contributed by atoms with Crippen molar-refractivity contribution < 1.29 is 14.3 Å². The summed E-state index contributed by atoms with van der Waals surface area (Å²) in [5, 5.41) is 4.37. The molecule has 28 heavy (non-hydrogen) atoms. The van der Waals surface area contributed by atoms with Gasteiger partial charge in [-0.05, 0) is 30.3 Å². The predicted octanol–water partition coefficient (Wildman–Crippen LogP) is 3.75. The number of amidine groups is 1. The highest BCUT2D eigenvalue weighted by Crippen LogP contribution is 2.33. The number of amides is 1. The number of hydrogen-bond acceptors (Lipinski definition) is 6. The number of nitrogens with zero attached hydrogens (tertiary/aromatic N) is 2. The number of aliphatic imine (C=N–C) groups is 1. The number of fused-ring (bicyclic) bond motifs is 1. The first-order valence-corrected chi connectivity index (χ1v) is 9.79. The van der Waals surface area contributed by atoms with Gasteiger partial charge in [-0.15, -0.1) is 0 Å². The van der Waals surface area contributed by atoms with Gasteiger partial charge >= 0.3 is 0 Å². The molecule has 0 spiro atoms. The van der Waals surface area contributed by atoms with Crippen molar-refractivity contribution in [1.29, 1.82) is 0 Å². The molecule has 0 saturated carbocycles. The summed E-state index contributed by atoms with van der Waals surface area (Å²) in [5.41, 5.74) is 2.84. The van der Waals surface area contributed by atoms with E-state index in [0.29, 0.717) is 27.9 Å². The topological polar surface area (TPSA) is 72.8 Å². The fourth-order valence-electron chi connectivity index (χ4n) is 3.08. The second-order valence-electron chi connectivity index (χ2n) is 6.13. The lowest BCUT2D eigenvalue weighted by molar-refractivity contribution is 0.0979. The van der Waals surface area contributed by atoms with Crippen molar-refractivity contribution in [3.05, 3.63) is 54.1 Å². The summed E-state index contributed by atoms with van der Waals surface area (Å²) >= 11 is 1.55. The van der Waals surface area contributed by atoms with E-state index in [2.05, 4.69) is 10.3 Å². The van der Waals surface area contributed by atoms with E-state index < -0.39 is 0 Å². The molecule has 4 rings (SSSR count). The monoisotopic (exact) mass is 393 g/mol. The number of carbonyl (C=O) groups excluding carboxylic acids is 1. The highest BCUT2D eigenvalue weighted by Gasteiger charge is 2.18. The maximum Gasteiger partial charge on any atom is 0.257 e. The van der Waals surface area contributed by atoms with Gasteiger partial charge in [-0.3, -0.25) is 9.79 Å². The van der Waals surface area contributed by atoms with E-state index in [1.54, 1.807) is 32.0 Å². The zero-order chi connectivity index (χ0) is 19.5. The molecule has 0 radical (unpaired) electrons. The molecule has 142 valence electrons. The highest BCUT2D eigenvalue weighted by molar-refractivity contribution is 8.14. The quantitative estimate of drug-likeness (QED) is 0.731. The van der Waals surface area contributed by atoms with Crippen LogP contribution in [0.1, 0.15) is 10.4 Å². The van der Waals surface area contributed by atoms with Crippen LogP contribution in [-0.4, -0.2) is 42.6 Å². The van der Waals surface area contributed by atoms with Crippen molar-refractivity contribution in [3.63, 3.8) is 0 Å². The lowest BCUT2D eigenvalue weighted by atomic mass is 10.0. The Balaban J connectivity index is 1.81. The molecule has 0 fully saturated rings. The lowest BCUT2D eigenvalue weighted by Gasteiger charge is -2.12. The van der Waals surface area contributed by atoms with Crippen LogP contribution in [0.5, 0.6) is 11.5 Å². The summed E-state index contributed by atoms with van der Waals surface area (Å²) in [6, 6.07) is 15.0. The summed E-state index contributed by atoms with van der Waals surface area (Å²) < 4.78 is 10.7. The molecule has 1 N–H and O–H groups in total. The number of rotatable bonds is 4. The van der Waals surface area contributed by atoms with Gasteiger partial charge in [0.15, 0.2) is 16.7 Å². The molecule has 2 heterocycles. The van der Waals surface area contributed by atoms with Crippen LogP contribution < -0.4 is 14.8 Å². The highest BCUT2D eigenvalue weighted by atomic mass is 32.2. The molecule has 0 bridgehead atoms. The van der Waals surface area contributed by atoms with E-state index in [-0.39, 0.29) is 5.91 Å². The predicted molar refractivity (Wildman–Crippen MR) is 113 cm³/mol. The van der Waals surface area contributed by atoms with Gasteiger partial charge in [0, 0.05) is 16.7 Å². The summed E-state index contributed by atoms with van der Waals surface area (Å²) in [5.74, 6) is 1.95. The molecule has 0 unspecified atom stereocenters. The van der Waals surface area contributed by atoms with Crippen molar-refractivity contribution in [2.75, 3.05) is 26.5 Å². The largest absolute Gasteiger partial charge is 0.493 e. The molecule has 0 saturated heterocycles. The normalized spacial score (nSPS) is 13.3. The molecule has 1 aromatic heterocycles. The molecule has 0 aliphatic carbocycles. The number of ether oxygens (including phenoxy) is 2. The number of thioether (sulfide) groups is 1. The van der Waals surface area contributed by atoms with Crippen molar-refractivity contribution in [3.8, 4) is 22.8 Å². The maximum atomic E-state index is 12.9. The standard InChI is InChI=1S/C21H19N3O3S/c1-26-18-8-7-13(11-19(18)27-2)17-12-15(14-5-3-4-6-16(14)23-17)20(25)24-21-22-9-10-28-21/h3-8,11-12H,9-10H2,1-2H3,(H,22,24,25). The van der Waals surface area contributed by atoms with Crippen LogP contribution in [0.15, 0.2) is 53.5 Å². The SMILES string of the molecule is COc1ccc(-c2cc(C(=O)NC3=NCCS3)c3ccccc3n2)cc1OC. The Morgan fingerprint density at radius 1 is 1.07 bits per heavy atom. The van der Waals surface area contributed by atoms with Crippen molar-refractivity contribution in [2.24, 2.45) is 4.99 Å². The van der Waals surface area contributed by atoms with Gasteiger partial charge in [0.25, 0.3) is 5.91 Å². The Hall–Kier alpha value is -3.06. The first-order chi connectivity index (χ1) is 13.7. The average molecular weight is 393 g/mol. The minimum atomic E-state index is -0.187. The molecule has 3 aromatic rings. The first-order valence-electron chi connectivity index (χ1n) is 8.80. The number of hydrogen-bond donors (Lipinski definition) is 1. The fourth-order valence-corrected chi connectivity index (χ4v) is 3.81. The summed E-state index contributed by atoms with van der Waals surface area (Å²) in [4.78, 5) is 22.0. The zero-order valence-electron chi connectivity index (χ0n) is 15.6. The summed E-state index contributed by atoms with van der Waals surface area (Å²) in [7, 11) is 3.19. The van der Waals surface area contributed by atoms with E-state index >= 15 is 0 Å². The van der Waals surface area contributed by atoms with Gasteiger partial charge in [0.1, 0.15) is 0 Å². The van der Waals surface area contributed by atoms with Crippen LogP contribution in [0.2, 0.25) is 0 Å². The smallest absolute Gasteiger partial charge is 0.257 e. The first kappa shape index (κ1) is 18.3. The Kier molecular flexibility index (Phi) is 5.16. The Bertz CT molecular complexity index is 1080. The molecule has 1 amide bonds. The maximum absolute atomic E-state index is 12.9. The number of benzene rings is 2. The number of aromatic nitrogens is 1. The van der Waals surface area contributed by atoms with Gasteiger partial charge in [0.2, 0.25) is 0 Å². The van der Waals surface area contributed by atoms with Crippen LogP contribution in [0.4, 0.5) is 0 Å². The Morgan fingerprint density at radius 3 is 2.64 bits per heavy atom. The number of methoxy groups -OCH3 is 2. The van der Waals surface area contributed by atoms with Crippen molar-refractivity contribution >= 4 is 33.7 Å². The van der Waals surface area contributed by atoms with Crippen LogP contribution in [0, 0.1) is 0 Å². The van der Waals surface area contributed by atoms with Crippen LogP contribution >= 0.6 is 11.8 Å². The van der Waals surface area contributed by atoms with Gasteiger partial charge in [0.05, 0.1) is 37.5 Å². The van der Waals surface area contributed by atoms with Crippen LogP contribution in [0.3, 0.4) is 0 Å². The average Bonchev–Trinajstić information content (AvgIpc) is 3.25. The lowest BCUT2D eigenvalue weighted by Crippen LogP contribution is -2.27. The summed E-state index contributed by atoms with van der Waals surface area (Å²) in [6.45, 7) is 0.730. The third-order valence-corrected chi connectivity index (χ3v) is 5.34. The summed E-state index contributed by atoms with van der Waals surface area (Å²) in [6.07, 6.45) is 0. The van der Waals surface area contributed by atoms with E-state index in [0.717, 1.165) is 28.8 Å². The van der Waals surface area contributed by atoms with Gasteiger partial charge < -0.3 is 14.8 Å². The minimum Gasteiger partial charge on any atom is -0.493 e. The molecule has 0 atom stereocenters. The van der Waals surface area contributed by atoms with E-state index in [4.69, 9.17) is 14.5 Å². The molecule has 6 nitrogen and oxygen atoms in total. The van der Waals surface area contributed by atoms with Crippen LogP contribution in [0.25, 0.3) is 22.2 Å². The number of pyridine rings is 1. The molecule has 2 aromatic carbocycles. The molecular weight excluding hydrogens is 374 g/mol. The minimum absolute atomic E-state index is 0.187. The molecule has 1 aliphatic rings. The zero-order valence-corrected chi connectivity index (χ0v) is 16.4. The Labute approximate surface area is 167 Å². The molecule has 7 heteroatoms. The Morgan fingerprint density at radius 2 is 1.89 bits per heavy atom. The molecule has 1 aliphatic heterocycles. The number of para-hydroxylation sites is 1. The van der Waals surface area contributed by atoms with E-state index in [1.165, 1.54) is 0 Å². The van der Waals surface area contributed by atoms with Crippen LogP contribution in [-0.2, 0) is 0 Å².